The molecule has 5 atom stereocenters. The lowest BCUT2D eigenvalue weighted by atomic mass is 10.0. The standard InChI is InChI=1S/C38H56ClN4O11PS/c1-2-3-4-5-6-7-8-9-10-11-12-13-14-15-20-31(44)50-25-51-55(46,47)26-56(48,49)24-30-33-34(54-38(45)53-33)37(52-30)43-22-21-28-32(41-27-18-16-17-19-27)29(23-40)35(39)42-36(28)43/h21-22,27,30,33-34,37H,2-20,24-26H2,1H3,(H,41,42)(H,46,47)/t30-,33-,34-,37-/m1/s1. The summed E-state index contributed by atoms with van der Waals surface area (Å²) in [5.74, 6) is -1.42. The highest BCUT2D eigenvalue weighted by Crippen LogP contribution is 2.46. The Morgan fingerprint density at radius 1 is 1.04 bits per heavy atom. The molecule has 1 unspecified atom stereocenters. The Morgan fingerprint density at radius 2 is 1.64 bits per heavy atom. The van der Waals surface area contributed by atoms with Crippen LogP contribution in [0.2, 0.25) is 5.15 Å². The minimum Gasteiger partial charge on any atom is -0.438 e. The summed E-state index contributed by atoms with van der Waals surface area (Å²) in [6.07, 6.45) is 16.6. The number of nitriles is 1. The van der Waals surface area contributed by atoms with Gasteiger partial charge in [-0.25, -0.2) is 18.2 Å². The molecule has 0 amide bonds. The Hall–Kier alpha value is -2.93. The fourth-order valence-electron chi connectivity index (χ4n) is 7.75. The van der Waals surface area contributed by atoms with Crippen LogP contribution in [0.4, 0.5) is 10.5 Å². The molecule has 312 valence electrons. The van der Waals surface area contributed by atoms with Gasteiger partial charge in [0.25, 0.3) is 0 Å². The third-order valence-corrected chi connectivity index (χ3v) is 15.1. The zero-order chi connectivity index (χ0) is 40.1. The Bertz CT molecular complexity index is 1830. The molecular formula is C38H56ClN4O11PS. The Balaban J connectivity index is 1.05. The fraction of sp³-hybridized carbons (Fsp3) is 0.737. The molecule has 3 aliphatic rings. The summed E-state index contributed by atoms with van der Waals surface area (Å²) < 4.78 is 67.2. The molecule has 0 spiro atoms. The van der Waals surface area contributed by atoms with E-state index in [-0.39, 0.29) is 23.2 Å². The molecule has 2 saturated heterocycles. The number of nitrogens with zero attached hydrogens (tertiary/aromatic N) is 3. The van der Waals surface area contributed by atoms with Gasteiger partial charge in [-0.15, -0.1) is 0 Å². The van der Waals surface area contributed by atoms with E-state index < -0.39 is 72.1 Å². The van der Waals surface area contributed by atoms with Crippen molar-refractivity contribution in [2.45, 2.75) is 160 Å². The molecule has 15 nitrogen and oxygen atoms in total. The number of aromatic nitrogens is 2. The maximum atomic E-state index is 13.2. The highest BCUT2D eigenvalue weighted by atomic mass is 35.5. The third kappa shape index (κ3) is 12.5. The molecule has 3 fully saturated rings. The summed E-state index contributed by atoms with van der Waals surface area (Å²) in [7, 11) is -9.16. The van der Waals surface area contributed by atoms with Crippen LogP contribution in [0.5, 0.6) is 0 Å². The van der Waals surface area contributed by atoms with Crippen LogP contribution in [0.1, 0.15) is 141 Å². The van der Waals surface area contributed by atoms with Gasteiger partial charge >= 0.3 is 19.7 Å². The lowest BCUT2D eigenvalue weighted by molar-refractivity contribution is -0.150. The number of ether oxygens (including phenoxy) is 4. The summed E-state index contributed by atoms with van der Waals surface area (Å²) in [5, 5.41) is 13.8. The first-order chi connectivity index (χ1) is 26.9. The largest absolute Gasteiger partial charge is 0.509 e. The van der Waals surface area contributed by atoms with Crippen molar-refractivity contribution < 1.29 is 50.9 Å². The molecule has 0 bridgehead atoms. The van der Waals surface area contributed by atoms with Gasteiger partial charge in [-0.2, -0.15) is 5.26 Å². The number of carbonyl (C=O) groups excluding carboxylic acids is 2. The van der Waals surface area contributed by atoms with Crippen molar-refractivity contribution in [1.29, 1.82) is 5.26 Å². The van der Waals surface area contributed by atoms with Crippen LogP contribution in [0.3, 0.4) is 0 Å². The Morgan fingerprint density at radius 3 is 2.27 bits per heavy atom. The van der Waals surface area contributed by atoms with Crippen LogP contribution in [-0.4, -0.2) is 77.4 Å². The number of unbranched alkanes of at least 4 members (excludes halogenated alkanes) is 13. The van der Waals surface area contributed by atoms with E-state index in [1.54, 1.807) is 12.3 Å². The van der Waals surface area contributed by atoms with Crippen molar-refractivity contribution in [3.63, 3.8) is 0 Å². The first-order valence-electron chi connectivity index (χ1n) is 20.1. The van der Waals surface area contributed by atoms with Crippen molar-refractivity contribution in [3.05, 3.63) is 23.0 Å². The van der Waals surface area contributed by atoms with Crippen molar-refractivity contribution >= 4 is 57.9 Å². The second-order valence-corrected chi connectivity index (χ2v) is 19.9. The number of nitrogens with one attached hydrogen (secondary N) is 1. The number of carbonyl (C=O) groups is 2. The number of fused-ring (bicyclic) bond motifs is 2. The SMILES string of the molecule is CCCCCCCCCCCCCCCCC(=O)OCOP(=O)(O)CS(=O)(=O)C[C@H]1O[C@@H](n2ccc3c(NC4CCCC4)c(C#N)c(Cl)nc32)[C@@H]2OC(=O)O[C@@H]21. The minimum atomic E-state index is -4.78. The number of sulfone groups is 1. The van der Waals surface area contributed by atoms with Crippen molar-refractivity contribution in [1.82, 2.24) is 9.55 Å². The van der Waals surface area contributed by atoms with E-state index in [9.17, 15) is 32.7 Å². The van der Waals surface area contributed by atoms with Gasteiger partial charge in [-0.3, -0.25) is 13.9 Å². The number of pyridine rings is 1. The molecule has 2 aromatic rings. The van der Waals surface area contributed by atoms with Crippen LogP contribution in [0.15, 0.2) is 12.3 Å². The normalized spacial score (nSPS) is 22.1. The van der Waals surface area contributed by atoms with Crippen LogP contribution in [0, 0.1) is 11.3 Å². The molecule has 2 aromatic heterocycles. The summed E-state index contributed by atoms with van der Waals surface area (Å²) in [6, 6.07) is 3.97. The molecule has 2 N–H and O–H groups in total. The first kappa shape index (κ1) is 44.2. The van der Waals surface area contributed by atoms with E-state index in [0.29, 0.717) is 23.1 Å². The molecule has 0 radical (unpaired) electrons. The topological polar surface area (TPSA) is 205 Å². The lowest BCUT2D eigenvalue weighted by Gasteiger charge is -2.20. The first-order valence-corrected chi connectivity index (χ1v) is 24.1. The van der Waals surface area contributed by atoms with Gasteiger partial charge in [0, 0.05) is 24.0 Å². The zero-order valence-corrected chi connectivity index (χ0v) is 34.7. The number of esters is 1. The van der Waals surface area contributed by atoms with Gasteiger partial charge in [0.2, 0.25) is 6.79 Å². The van der Waals surface area contributed by atoms with Gasteiger partial charge in [-0.05, 0) is 25.3 Å². The fourth-order valence-corrected chi connectivity index (χ4v) is 11.7. The Labute approximate surface area is 334 Å². The summed E-state index contributed by atoms with van der Waals surface area (Å²) in [5.41, 5.74) is -0.286. The van der Waals surface area contributed by atoms with E-state index >= 15 is 0 Å². The Kier molecular flexibility index (Phi) is 16.7. The molecule has 2 aliphatic heterocycles. The van der Waals surface area contributed by atoms with Crippen LogP contribution >= 0.6 is 19.2 Å². The van der Waals surface area contributed by atoms with Crippen LogP contribution in [0.25, 0.3) is 11.0 Å². The molecular weight excluding hydrogens is 787 g/mol. The van der Waals surface area contributed by atoms with Gasteiger partial charge in [0.1, 0.15) is 23.4 Å². The van der Waals surface area contributed by atoms with E-state index in [0.717, 1.165) is 44.9 Å². The molecule has 0 aromatic carbocycles. The number of hydrogen-bond donors (Lipinski definition) is 2. The highest BCUT2D eigenvalue weighted by molar-refractivity contribution is 7.97. The van der Waals surface area contributed by atoms with Gasteiger partial charge in [-0.1, -0.05) is 115 Å². The summed E-state index contributed by atoms with van der Waals surface area (Å²) >= 11 is 6.46. The van der Waals surface area contributed by atoms with Gasteiger partial charge in [0.15, 0.2) is 38.9 Å². The van der Waals surface area contributed by atoms with Gasteiger partial charge < -0.3 is 33.7 Å². The quantitative estimate of drug-likeness (QED) is 0.0316. The van der Waals surface area contributed by atoms with Crippen molar-refractivity contribution in [2.75, 3.05) is 23.4 Å². The second kappa shape index (κ2) is 21.2. The average molecular weight is 843 g/mol. The predicted molar refractivity (Wildman–Crippen MR) is 210 cm³/mol. The molecule has 4 heterocycles. The molecule has 56 heavy (non-hydrogen) atoms. The molecule has 1 saturated carbocycles. The van der Waals surface area contributed by atoms with Crippen molar-refractivity contribution in [3.8, 4) is 6.07 Å². The predicted octanol–water partition coefficient (Wildman–Crippen LogP) is 8.66. The average Bonchev–Trinajstić information content (AvgIpc) is 3.94. The number of halogens is 1. The maximum absolute atomic E-state index is 13.2. The van der Waals surface area contributed by atoms with E-state index in [1.807, 2.05) is 0 Å². The van der Waals surface area contributed by atoms with Crippen molar-refractivity contribution in [2.24, 2.45) is 0 Å². The van der Waals surface area contributed by atoms with E-state index in [2.05, 4.69) is 23.3 Å². The molecule has 18 heteroatoms. The zero-order valence-electron chi connectivity index (χ0n) is 32.2. The van der Waals surface area contributed by atoms with Crippen LogP contribution < -0.4 is 5.32 Å². The summed E-state index contributed by atoms with van der Waals surface area (Å²) in [4.78, 5) is 39.2. The smallest absolute Gasteiger partial charge is 0.438 e. The van der Waals surface area contributed by atoms with Gasteiger partial charge in [0.05, 0.1) is 11.4 Å². The highest BCUT2D eigenvalue weighted by Gasteiger charge is 2.56. The molecule has 5 rings (SSSR count). The number of hydrogen-bond acceptors (Lipinski definition) is 13. The molecule has 1 aliphatic carbocycles. The third-order valence-electron chi connectivity index (χ3n) is 10.6. The number of rotatable bonds is 25. The number of anilines is 1. The van der Waals surface area contributed by atoms with Crippen LogP contribution in [-0.2, 0) is 42.7 Å². The monoisotopic (exact) mass is 842 g/mol. The summed E-state index contributed by atoms with van der Waals surface area (Å²) in [6.45, 7) is 1.36. The van der Waals surface area contributed by atoms with E-state index in [1.165, 1.54) is 68.8 Å². The minimum absolute atomic E-state index is 0.0482. The van der Waals surface area contributed by atoms with E-state index in [4.69, 9.17) is 35.1 Å². The lowest BCUT2D eigenvalue weighted by Crippen LogP contribution is -2.34. The maximum Gasteiger partial charge on any atom is 0.509 e. The second-order valence-electron chi connectivity index (χ2n) is 15.1.